The molecule has 10 aromatic heterocycles. The summed E-state index contributed by atoms with van der Waals surface area (Å²) in [4.78, 5) is 61.3. The molecule has 36 nitrogen and oxygen atoms in total. The zero-order valence-electron chi connectivity index (χ0n) is 87.1. The molecule has 0 saturated carbocycles. The number of nitrogens with one attached hydrogen (secondary N) is 1. The van der Waals surface area contributed by atoms with Crippen LogP contribution in [0.1, 0.15) is 71.0 Å². The number of aromatic nitrogens is 20. The Labute approximate surface area is 862 Å². The Morgan fingerprint density at radius 1 is 0.419 bits per heavy atom. The topological polar surface area (TPSA) is 333 Å². The van der Waals surface area contributed by atoms with E-state index in [1.54, 1.807) is 101 Å². The fourth-order valence-corrected chi connectivity index (χ4v) is 18.0. The lowest BCUT2D eigenvalue weighted by molar-refractivity contribution is -0.0333. The summed E-state index contributed by atoms with van der Waals surface area (Å²) in [5.74, 6) is 7.16. The number of methoxy groups -OCH3 is 7. The predicted molar refractivity (Wildman–Crippen MR) is 580 cm³/mol. The molecule has 18 aromatic rings. The molecule has 12 heterocycles. The van der Waals surface area contributed by atoms with Gasteiger partial charge in [-0.25, -0.2) is 29.9 Å². The van der Waals surface area contributed by atoms with Crippen molar-refractivity contribution in [3.63, 3.8) is 0 Å². The van der Waals surface area contributed by atoms with Gasteiger partial charge in [-0.2, -0.15) is 25.5 Å². The minimum atomic E-state index is 0.0388. The Hall–Kier alpha value is -16.3. The standard InChI is InChI=1S/C29H36N6O2.C28H32N8O2.C28H34N6O3.C27H27N7O2/c1-4-37-21-22-14-25(16-26(15-22)36-3)35(13-7-12-34-10-5-6-11-34)24-8-9-27-28(17-24)32-29(19-30-27)23-18-31-33(2)20-23;1-19(2)16-35-17-21(14-31-35)28-15-29-26-7-6-22(12-27(26)32-28)36(9-8-34-18-30-20(3)33-34)23-10-24(37-4)13-25(11-23)38-5;1-19(2)33-8-9-37-25(17-33)18-34(22-10-23(35-4)13-24(11-22)36-5)21-6-7-26-27(12-21)31-28(15-29-26)20-14-30-32(3)16-20;1-28-27-7-5-6-19(31-27)17-34(21-10-22(35-3)13-23(11-21)36-4)20-8-9-24-25(12-20)32-26(15-29-24)18-14-30-33(2)16-18/h8-9,14-20H,4-7,10-13,21H2,1-3H3;6-7,10-15,17-19H,8-9,16H2,1-5H3;6-7,10-16,19,25H,8-9,17-18H2,1-5H3;5-16H,17H2,1-4H3,(H,28,31). The van der Waals surface area contributed by atoms with E-state index in [-0.39, 0.29) is 6.10 Å². The van der Waals surface area contributed by atoms with Crippen LogP contribution >= 0.6 is 0 Å². The van der Waals surface area contributed by atoms with E-state index in [9.17, 15) is 0 Å². The highest BCUT2D eigenvalue weighted by Crippen LogP contribution is 2.41. The second-order valence-electron chi connectivity index (χ2n) is 37.0. The minimum Gasteiger partial charge on any atom is -0.497 e. The van der Waals surface area contributed by atoms with Crippen LogP contribution in [0.2, 0.25) is 0 Å². The molecule has 0 amide bonds. The Balaban J connectivity index is 0.000000135. The van der Waals surface area contributed by atoms with Gasteiger partial charge in [-0.1, -0.05) is 19.9 Å². The molecule has 1 unspecified atom stereocenters. The summed E-state index contributed by atoms with van der Waals surface area (Å²) >= 11 is 0. The number of hydrogen-bond donors (Lipinski definition) is 1. The van der Waals surface area contributed by atoms with Crippen LogP contribution in [0.25, 0.3) is 89.2 Å². The third kappa shape index (κ3) is 26.1. The van der Waals surface area contributed by atoms with E-state index in [0.717, 1.165) is 221 Å². The van der Waals surface area contributed by atoms with Gasteiger partial charge in [-0.05, 0) is 175 Å². The van der Waals surface area contributed by atoms with Gasteiger partial charge in [0, 0.05) is 227 Å². The van der Waals surface area contributed by atoms with Gasteiger partial charge in [0.15, 0.2) is 0 Å². The Morgan fingerprint density at radius 2 is 0.845 bits per heavy atom. The van der Waals surface area contributed by atoms with Crippen molar-refractivity contribution in [2.75, 3.05) is 147 Å². The summed E-state index contributed by atoms with van der Waals surface area (Å²) in [5, 5.41) is 24.9. The van der Waals surface area contributed by atoms with Crippen LogP contribution in [0.15, 0.2) is 244 Å². The van der Waals surface area contributed by atoms with Gasteiger partial charge in [0.25, 0.3) is 0 Å². The van der Waals surface area contributed by atoms with Crippen molar-refractivity contribution < 1.29 is 42.6 Å². The van der Waals surface area contributed by atoms with Crippen molar-refractivity contribution in [1.82, 2.24) is 109 Å². The second kappa shape index (κ2) is 48.6. The number of ether oxygens (including phenoxy) is 9. The normalized spacial score (nSPS) is 13.1. The first-order chi connectivity index (χ1) is 72.0. The molecular formula is C112H129N27O9. The van der Waals surface area contributed by atoms with Crippen LogP contribution in [0.3, 0.4) is 0 Å². The van der Waals surface area contributed by atoms with Crippen molar-refractivity contribution in [3.8, 4) is 85.3 Å². The van der Waals surface area contributed by atoms with Crippen LogP contribution in [0, 0.1) is 12.8 Å². The molecule has 148 heavy (non-hydrogen) atoms. The molecule has 1 atom stereocenters. The summed E-state index contributed by atoms with van der Waals surface area (Å²) in [6.07, 6.45) is 27.8. The Morgan fingerprint density at radius 3 is 1.27 bits per heavy atom. The van der Waals surface area contributed by atoms with Gasteiger partial charge in [-0.15, -0.1) is 0 Å². The average Bonchev–Trinajstić information content (AvgIpc) is 1.28. The van der Waals surface area contributed by atoms with Crippen LogP contribution in [0.4, 0.5) is 51.3 Å². The van der Waals surface area contributed by atoms with Crippen molar-refractivity contribution in [1.29, 1.82) is 0 Å². The van der Waals surface area contributed by atoms with Crippen molar-refractivity contribution in [3.05, 3.63) is 262 Å². The maximum atomic E-state index is 6.23. The molecule has 0 bridgehead atoms. The summed E-state index contributed by atoms with van der Waals surface area (Å²) in [6.45, 7) is 24.2. The van der Waals surface area contributed by atoms with Gasteiger partial charge in [0.05, 0.1) is 211 Å². The molecule has 2 aliphatic rings. The molecular weight excluding hydrogens is 1870 g/mol. The number of fused-ring (bicyclic) bond motifs is 4. The highest BCUT2D eigenvalue weighted by atomic mass is 16.5. The highest BCUT2D eigenvalue weighted by Gasteiger charge is 2.29. The maximum absolute atomic E-state index is 6.23. The Kier molecular flexibility index (Phi) is 33.9. The largest absolute Gasteiger partial charge is 0.497 e. The Bertz CT molecular complexity index is 7440. The van der Waals surface area contributed by atoms with Crippen LogP contribution in [-0.4, -0.2) is 243 Å². The van der Waals surface area contributed by atoms with Crippen LogP contribution in [0.5, 0.6) is 40.2 Å². The van der Waals surface area contributed by atoms with E-state index >= 15 is 0 Å². The SMILES string of the molecule is CCOCc1cc(OC)cc(N(CCCN2CCCC2)c2ccc3ncc(-c4cnn(C)c4)nc3c2)c1.CNc1cccc(CN(c2cc(OC)cc(OC)c2)c2ccc3ncc(-c4cnn(C)c4)nc3c2)n1.COc1cc(OC)cc(N(CC2CN(C(C)C)CCO2)c2ccc3ncc(-c4cnn(C)c4)nc3c2)c1.COc1cc(OC)cc(N(CCn2cnc(C)n2)c2ccc3ncc(-c4cnn(CC(C)C)c4)nc3c2)c1. The lowest BCUT2D eigenvalue weighted by atomic mass is 10.1. The third-order valence-electron chi connectivity index (χ3n) is 25.7. The van der Waals surface area contributed by atoms with E-state index < -0.39 is 0 Å². The van der Waals surface area contributed by atoms with Gasteiger partial charge >= 0.3 is 0 Å². The first-order valence-electron chi connectivity index (χ1n) is 49.7. The van der Waals surface area contributed by atoms with E-state index in [4.69, 9.17) is 67.6 Å². The zero-order chi connectivity index (χ0) is 103. The number of anilines is 9. The number of aryl methyl sites for hydroxylation is 4. The number of benzene rings is 8. The minimum absolute atomic E-state index is 0.0388. The first kappa shape index (κ1) is 103. The maximum Gasteiger partial charge on any atom is 0.147 e. The smallest absolute Gasteiger partial charge is 0.147 e. The van der Waals surface area contributed by atoms with E-state index in [0.29, 0.717) is 74.4 Å². The summed E-state index contributed by atoms with van der Waals surface area (Å²) in [5.41, 5.74) is 23.4. The zero-order valence-corrected chi connectivity index (χ0v) is 87.1. The van der Waals surface area contributed by atoms with Crippen LogP contribution < -0.4 is 58.1 Å². The predicted octanol–water partition coefficient (Wildman–Crippen LogP) is 19.2. The van der Waals surface area contributed by atoms with Crippen molar-refractivity contribution >= 4 is 95.5 Å². The number of nitrogens with zero attached hydrogens (tertiary/aromatic N) is 26. The molecule has 2 fully saturated rings. The number of pyridine rings is 1. The summed E-state index contributed by atoms with van der Waals surface area (Å²) < 4.78 is 60.0. The molecule has 0 radical (unpaired) electrons. The lowest BCUT2D eigenvalue weighted by Crippen LogP contribution is -2.49. The van der Waals surface area contributed by atoms with Gasteiger partial charge in [0.1, 0.15) is 58.2 Å². The van der Waals surface area contributed by atoms with Crippen LogP contribution in [-0.2, 0) is 56.9 Å². The fourth-order valence-electron chi connectivity index (χ4n) is 18.0. The number of hydrogen-bond acceptors (Lipinski definition) is 31. The molecule has 1 N–H and O–H groups in total. The molecule has 2 aliphatic heterocycles. The monoisotopic (exact) mass is 2000 g/mol. The quantitative estimate of drug-likeness (QED) is 0.0378. The molecule has 766 valence electrons. The van der Waals surface area contributed by atoms with Gasteiger partial charge in [-0.3, -0.25) is 48.2 Å². The molecule has 0 spiro atoms. The van der Waals surface area contributed by atoms with E-state index in [1.807, 2.05) is 204 Å². The van der Waals surface area contributed by atoms with Crippen molar-refractivity contribution in [2.24, 2.45) is 27.1 Å². The third-order valence-corrected chi connectivity index (χ3v) is 25.7. The van der Waals surface area contributed by atoms with Gasteiger partial charge < -0.3 is 72.4 Å². The number of morpholine rings is 1. The van der Waals surface area contributed by atoms with Gasteiger partial charge in [0.2, 0.25) is 0 Å². The van der Waals surface area contributed by atoms with E-state index in [2.05, 4.69) is 167 Å². The second-order valence-corrected chi connectivity index (χ2v) is 37.0. The summed E-state index contributed by atoms with van der Waals surface area (Å²) in [6, 6.07) is 55.0. The molecule has 20 rings (SSSR count). The molecule has 36 heteroatoms. The molecule has 0 aliphatic carbocycles. The molecule has 2 saturated heterocycles. The molecule has 8 aromatic carbocycles. The fraction of sp³-hybridized carbons (Fsp3) is 0.330. The average molecular weight is 2000 g/mol. The van der Waals surface area contributed by atoms with E-state index in [1.165, 1.54) is 25.9 Å². The number of rotatable bonds is 37. The van der Waals surface area contributed by atoms with Crippen molar-refractivity contribution in [2.45, 2.75) is 99.2 Å². The lowest BCUT2D eigenvalue weighted by Gasteiger charge is -2.38. The number of likely N-dealkylation sites (tertiary alicyclic amines) is 1. The first-order valence-corrected chi connectivity index (χ1v) is 49.7. The highest BCUT2D eigenvalue weighted by molar-refractivity contribution is 5.87. The summed E-state index contributed by atoms with van der Waals surface area (Å²) in [7, 11) is 19.2.